The molecule has 114 valence electrons. The van der Waals surface area contributed by atoms with Crippen molar-refractivity contribution in [2.45, 2.75) is 38.1 Å². The molecular weight excluding hydrogens is 274 g/mol. The van der Waals surface area contributed by atoms with E-state index in [9.17, 15) is 14.4 Å². The van der Waals surface area contributed by atoms with E-state index in [0.717, 1.165) is 25.7 Å². The summed E-state index contributed by atoms with van der Waals surface area (Å²) < 4.78 is 11.0. The normalized spacial score (nSPS) is 15.5. The molecule has 0 atom stereocenters. The van der Waals surface area contributed by atoms with E-state index in [-0.39, 0.29) is 17.2 Å². The summed E-state index contributed by atoms with van der Waals surface area (Å²) in [6.45, 7) is 0. The third-order valence-electron chi connectivity index (χ3n) is 3.85. The number of carbonyl (C=O) groups is 2. The third kappa shape index (κ3) is 3.15. The van der Waals surface area contributed by atoms with Gasteiger partial charge in [0.1, 0.15) is 11.1 Å². The Hall–Kier alpha value is -2.11. The Labute approximate surface area is 122 Å². The molecule has 0 saturated heterocycles. The van der Waals surface area contributed by atoms with Crippen LogP contribution in [0.25, 0.3) is 0 Å². The first-order valence-corrected chi connectivity index (χ1v) is 7.01. The van der Waals surface area contributed by atoms with Crippen molar-refractivity contribution in [1.82, 2.24) is 4.57 Å². The zero-order valence-electron chi connectivity index (χ0n) is 12.3. The first kappa shape index (κ1) is 15.3. The van der Waals surface area contributed by atoms with Gasteiger partial charge in [-0.05, 0) is 12.8 Å². The number of hydrogen-bond donors (Lipinski definition) is 0. The van der Waals surface area contributed by atoms with Crippen LogP contribution < -0.4 is 5.43 Å². The number of esters is 2. The highest BCUT2D eigenvalue weighted by Gasteiger charge is 2.23. The van der Waals surface area contributed by atoms with Gasteiger partial charge in [-0.2, -0.15) is 0 Å². The van der Waals surface area contributed by atoms with Crippen LogP contribution in [0.15, 0.2) is 17.2 Å². The van der Waals surface area contributed by atoms with Crippen LogP contribution in [0, 0.1) is 0 Å². The lowest BCUT2D eigenvalue weighted by Crippen LogP contribution is -2.27. The fourth-order valence-corrected chi connectivity index (χ4v) is 2.70. The van der Waals surface area contributed by atoms with Crippen LogP contribution in [-0.4, -0.2) is 30.7 Å². The molecule has 1 aromatic rings. The molecule has 0 aliphatic heterocycles. The van der Waals surface area contributed by atoms with Gasteiger partial charge in [0.2, 0.25) is 5.43 Å². The summed E-state index contributed by atoms with van der Waals surface area (Å²) in [6, 6.07) is 0.186. The van der Waals surface area contributed by atoms with Crippen molar-refractivity contribution in [2.75, 3.05) is 14.2 Å². The second-order valence-electron chi connectivity index (χ2n) is 5.14. The zero-order chi connectivity index (χ0) is 15.4. The van der Waals surface area contributed by atoms with Gasteiger partial charge in [0.15, 0.2) is 0 Å². The van der Waals surface area contributed by atoms with E-state index in [0.29, 0.717) is 0 Å². The van der Waals surface area contributed by atoms with Crippen LogP contribution >= 0.6 is 0 Å². The number of aromatic nitrogens is 1. The van der Waals surface area contributed by atoms with Gasteiger partial charge < -0.3 is 14.0 Å². The minimum Gasteiger partial charge on any atom is -0.465 e. The Morgan fingerprint density at radius 1 is 1.00 bits per heavy atom. The van der Waals surface area contributed by atoms with Crippen molar-refractivity contribution in [1.29, 1.82) is 0 Å². The predicted octanol–water partition coefficient (Wildman–Crippen LogP) is 1.93. The van der Waals surface area contributed by atoms with Crippen molar-refractivity contribution < 1.29 is 19.1 Å². The van der Waals surface area contributed by atoms with Crippen molar-refractivity contribution in [3.05, 3.63) is 33.7 Å². The lowest BCUT2D eigenvalue weighted by molar-refractivity contribution is 0.0593. The van der Waals surface area contributed by atoms with Crippen LogP contribution in [0.5, 0.6) is 0 Å². The molecule has 0 aromatic carbocycles. The molecule has 0 bridgehead atoms. The SMILES string of the molecule is COC(=O)c1cn(C2CCCCC2)cc(C(=O)OC)c1=O. The molecule has 1 aliphatic carbocycles. The van der Waals surface area contributed by atoms with E-state index in [2.05, 4.69) is 9.47 Å². The van der Waals surface area contributed by atoms with Crippen molar-refractivity contribution >= 4 is 11.9 Å². The molecule has 0 spiro atoms. The lowest BCUT2D eigenvalue weighted by atomic mass is 9.95. The second-order valence-corrected chi connectivity index (χ2v) is 5.14. The summed E-state index contributed by atoms with van der Waals surface area (Å²) >= 11 is 0. The van der Waals surface area contributed by atoms with E-state index in [1.165, 1.54) is 33.0 Å². The minimum absolute atomic E-state index is 0.133. The first-order valence-electron chi connectivity index (χ1n) is 7.01. The topological polar surface area (TPSA) is 74.6 Å². The molecule has 0 amide bonds. The van der Waals surface area contributed by atoms with E-state index < -0.39 is 17.4 Å². The molecule has 2 rings (SSSR count). The maximum atomic E-state index is 12.2. The average Bonchev–Trinajstić information content (AvgIpc) is 2.54. The standard InChI is InChI=1S/C15H19NO5/c1-20-14(18)11-8-16(10-6-4-3-5-7-10)9-12(13(11)17)15(19)21-2/h8-10H,3-7H2,1-2H3. The fourth-order valence-electron chi connectivity index (χ4n) is 2.70. The highest BCUT2D eigenvalue weighted by molar-refractivity contribution is 5.94. The van der Waals surface area contributed by atoms with Gasteiger partial charge in [-0.15, -0.1) is 0 Å². The van der Waals surface area contributed by atoms with Gasteiger partial charge in [-0.25, -0.2) is 9.59 Å². The fraction of sp³-hybridized carbons (Fsp3) is 0.533. The number of ether oxygens (including phenoxy) is 2. The van der Waals surface area contributed by atoms with E-state index in [4.69, 9.17) is 0 Å². The van der Waals surface area contributed by atoms with Gasteiger partial charge >= 0.3 is 11.9 Å². The van der Waals surface area contributed by atoms with Crippen molar-refractivity contribution in [3.63, 3.8) is 0 Å². The Morgan fingerprint density at radius 2 is 1.48 bits per heavy atom. The third-order valence-corrected chi connectivity index (χ3v) is 3.85. The molecule has 1 saturated carbocycles. The predicted molar refractivity (Wildman–Crippen MR) is 75.5 cm³/mol. The molecule has 1 aromatic heterocycles. The van der Waals surface area contributed by atoms with Crippen LogP contribution in [0.2, 0.25) is 0 Å². The van der Waals surface area contributed by atoms with Crippen molar-refractivity contribution in [2.24, 2.45) is 0 Å². The summed E-state index contributed by atoms with van der Waals surface area (Å²) in [5, 5.41) is 0. The average molecular weight is 293 g/mol. The smallest absolute Gasteiger partial charge is 0.343 e. The second kappa shape index (κ2) is 6.56. The summed E-state index contributed by atoms with van der Waals surface area (Å²) in [4.78, 5) is 35.7. The lowest BCUT2D eigenvalue weighted by Gasteiger charge is -2.25. The summed E-state index contributed by atoms with van der Waals surface area (Å²) in [5.74, 6) is -1.48. The summed E-state index contributed by atoms with van der Waals surface area (Å²) in [7, 11) is 2.41. The van der Waals surface area contributed by atoms with Crippen LogP contribution in [-0.2, 0) is 9.47 Å². The number of rotatable bonds is 3. The Morgan fingerprint density at radius 3 is 1.90 bits per heavy atom. The number of pyridine rings is 1. The van der Waals surface area contributed by atoms with Crippen LogP contribution in [0.3, 0.4) is 0 Å². The Kier molecular flexibility index (Phi) is 4.77. The molecule has 0 N–H and O–H groups in total. The summed E-state index contributed by atoms with van der Waals surface area (Å²) in [5.41, 5.74) is -0.919. The van der Waals surface area contributed by atoms with Gasteiger partial charge in [-0.3, -0.25) is 4.79 Å². The number of nitrogens with zero attached hydrogens (tertiary/aromatic N) is 1. The van der Waals surface area contributed by atoms with E-state index in [1.807, 2.05) is 0 Å². The minimum atomic E-state index is -0.740. The van der Waals surface area contributed by atoms with E-state index in [1.54, 1.807) is 4.57 Å². The van der Waals surface area contributed by atoms with Gasteiger partial charge in [0.05, 0.1) is 14.2 Å². The largest absolute Gasteiger partial charge is 0.465 e. The number of methoxy groups -OCH3 is 2. The zero-order valence-corrected chi connectivity index (χ0v) is 12.3. The maximum absolute atomic E-state index is 12.2. The van der Waals surface area contributed by atoms with Gasteiger partial charge in [0.25, 0.3) is 0 Å². The number of carbonyl (C=O) groups excluding carboxylic acids is 2. The Bertz CT molecular complexity index is 558. The molecule has 6 heteroatoms. The monoisotopic (exact) mass is 293 g/mol. The van der Waals surface area contributed by atoms with Gasteiger partial charge in [-0.1, -0.05) is 19.3 Å². The highest BCUT2D eigenvalue weighted by Crippen LogP contribution is 2.28. The molecule has 21 heavy (non-hydrogen) atoms. The van der Waals surface area contributed by atoms with Gasteiger partial charge in [0, 0.05) is 18.4 Å². The van der Waals surface area contributed by atoms with Crippen LogP contribution in [0.4, 0.5) is 0 Å². The number of hydrogen-bond acceptors (Lipinski definition) is 5. The molecule has 1 aliphatic rings. The quantitative estimate of drug-likeness (QED) is 0.796. The van der Waals surface area contributed by atoms with Crippen LogP contribution in [0.1, 0.15) is 58.9 Å². The highest BCUT2D eigenvalue weighted by atomic mass is 16.5. The molecule has 1 heterocycles. The molecular formula is C15H19NO5. The molecule has 0 radical (unpaired) electrons. The van der Waals surface area contributed by atoms with E-state index >= 15 is 0 Å². The molecule has 6 nitrogen and oxygen atoms in total. The summed E-state index contributed by atoms with van der Waals surface area (Å²) in [6.07, 6.45) is 8.27. The first-order chi connectivity index (χ1) is 10.1. The maximum Gasteiger partial charge on any atom is 0.343 e. The van der Waals surface area contributed by atoms with Crippen molar-refractivity contribution in [3.8, 4) is 0 Å². The Balaban J connectivity index is 2.52. The molecule has 0 unspecified atom stereocenters. The molecule has 1 fully saturated rings.